The standard InChI is InChI=1S/C21H24N4O2/c1-15(26)18-11-19(24(2)12-18)14-25-10-6-9-17(13-25)21-22-20(23-27-21)16-7-4-3-5-8-16/h3-5,7-8,11-12,17H,6,9-10,13-14H2,1-2H3. The number of hydrogen-bond acceptors (Lipinski definition) is 5. The third-order valence-electron chi connectivity index (χ3n) is 5.23. The van der Waals surface area contributed by atoms with Crippen LogP contribution in [0.3, 0.4) is 0 Å². The van der Waals surface area contributed by atoms with E-state index in [1.165, 1.54) is 0 Å². The summed E-state index contributed by atoms with van der Waals surface area (Å²) in [5.74, 6) is 1.72. The quantitative estimate of drug-likeness (QED) is 0.647. The van der Waals surface area contributed by atoms with E-state index in [1.54, 1.807) is 6.92 Å². The summed E-state index contributed by atoms with van der Waals surface area (Å²) >= 11 is 0. The lowest BCUT2D eigenvalue weighted by Gasteiger charge is -2.30. The molecule has 1 fully saturated rings. The van der Waals surface area contributed by atoms with Crippen molar-refractivity contribution in [2.24, 2.45) is 7.05 Å². The van der Waals surface area contributed by atoms with E-state index in [1.807, 2.05) is 54.2 Å². The molecule has 6 nitrogen and oxygen atoms in total. The third-order valence-corrected chi connectivity index (χ3v) is 5.23. The summed E-state index contributed by atoms with van der Waals surface area (Å²) in [6.45, 7) is 4.35. The lowest BCUT2D eigenvalue weighted by molar-refractivity contribution is 0.101. The van der Waals surface area contributed by atoms with Crippen LogP contribution < -0.4 is 0 Å². The average molecular weight is 364 g/mol. The van der Waals surface area contributed by atoms with Crippen LogP contribution in [0, 0.1) is 0 Å². The van der Waals surface area contributed by atoms with Crippen LogP contribution in [-0.2, 0) is 13.6 Å². The van der Waals surface area contributed by atoms with Crippen molar-refractivity contribution in [3.63, 3.8) is 0 Å². The number of nitrogens with zero attached hydrogens (tertiary/aromatic N) is 4. The Hall–Kier alpha value is -2.73. The van der Waals surface area contributed by atoms with Crippen molar-refractivity contribution >= 4 is 5.78 Å². The van der Waals surface area contributed by atoms with Crippen molar-refractivity contribution in [2.75, 3.05) is 13.1 Å². The molecule has 3 heterocycles. The highest BCUT2D eigenvalue weighted by Crippen LogP contribution is 2.28. The average Bonchev–Trinajstić information content (AvgIpc) is 3.31. The smallest absolute Gasteiger partial charge is 0.231 e. The molecule has 1 saturated heterocycles. The molecule has 3 aromatic rings. The van der Waals surface area contributed by atoms with Crippen molar-refractivity contribution < 1.29 is 9.32 Å². The number of likely N-dealkylation sites (tertiary alicyclic amines) is 1. The molecule has 1 aliphatic heterocycles. The highest BCUT2D eigenvalue weighted by molar-refractivity contribution is 5.94. The second kappa shape index (κ2) is 7.48. The SMILES string of the molecule is CC(=O)c1cc(CN2CCCC(c3nc(-c4ccccc4)no3)C2)n(C)c1. The molecule has 2 aromatic heterocycles. The monoisotopic (exact) mass is 364 g/mol. The van der Waals surface area contributed by atoms with Crippen molar-refractivity contribution in [1.29, 1.82) is 0 Å². The van der Waals surface area contributed by atoms with Gasteiger partial charge in [0.1, 0.15) is 0 Å². The third kappa shape index (κ3) is 3.85. The van der Waals surface area contributed by atoms with E-state index in [4.69, 9.17) is 4.52 Å². The fourth-order valence-corrected chi connectivity index (χ4v) is 3.70. The molecule has 6 heteroatoms. The Bertz CT molecular complexity index is 929. The molecule has 0 N–H and O–H groups in total. The largest absolute Gasteiger partial charge is 0.353 e. The fourth-order valence-electron chi connectivity index (χ4n) is 3.70. The molecule has 0 bridgehead atoms. The van der Waals surface area contributed by atoms with E-state index < -0.39 is 0 Å². The summed E-state index contributed by atoms with van der Waals surface area (Å²) in [5.41, 5.74) is 2.89. The van der Waals surface area contributed by atoms with E-state index in [2.05, 4.69) is 15.0 Å². The molecular weight excluding hydrogens is 340 g/mol. The number of rotatable bonds is 5. The van der Waals surface area contributed by atoms with Gasteiger partial charge in [-0.1, -0.05) is 35.5 Å². The molecule has 4 rings (SSSR count). The minimum atomic E-state index is 0.104. The Kier molecular flexibility index (Phi) is 4.90. The van der Waals surface area contributed by atoms with Crippen LogP contribution in [-0.4, -0.2) is 38.5 Å². The molecule has 140 valence electrons. The van der Waals surface area contributed by atoms with Crippen molar-refractivity contribution in [3.05, 3.63) is 59.7 Å². The topological polar surface area (TPSA) is 64.2 Å². The van der Waals surface area contributed by atoms with Gasteiger partial charge in [0.05, 0.1) is 5.92 Å². The summed E-state index contributed by atoms with van der Waals surface area (Å²) in [6.07, 6.45) is 4.06. The molecule has 0 saturated carbocycles. The predicted octanol–water partition coefficient (Wildman–Crippen LogP) is 3.66. The zero-order valence-corrected chi connectivity index (χ0v) is 15.8. The maximum atomic E-state index is 11.6. The Balaban J connectivity index is 1.46. The van der Waals surface area contributed by atoms with Crippen LogP contribution in [0.1, 0.15) is 47.6 Å². The van der Waals surface area contributed by atoms with E-state index in [0.29, 0.717) is 5.82 Å². The number of hydrogen-bond donors (Lipinski definition) is 0. The molecular formula is C21H24N4O2. The molecule has 0 radical (unpaired) electrons. The number of aromatic nitrogens is 3. The van der Waals surface area contributed by atoms with Gasteiger partial charge < -0.3 is 9.09 Å². The maximum Gasteiger partial charge on any atom is 0.231 e. The van der Waals surface area contributed by atoms with Gasteiger partial charge in [-0.15, -0.1) is 0 Å². The zero-order chi connectivity index (χ0) is 18.8. The highest BCUT2D eigenvalue weighted by Gasteiger charge is 2.26. The molecule has 1 aromatic carbocycles. The van der Waals surface area contributed by atoms with Crippen LogP contribution in [0.15, 0.2) is 47.1 Å². The van der Waals surface area contributed by atoms with Crippen molar-refractivity contribution in [1.82, 2.24) is 19.6 Å². The van der Waals surface area contributed by atoms with Crippen LogP contribution >= 0.6 is 0 Å². The minimum absolute atomic E-state index is 0.104. The Morgan fingerprint density at radius 1 is 1.30 bits per heavy atom. The number of carbonyl (C=O) groups is 1. The lowest BCUT2D eigenvalue weighted by Crippen LogP contribution is -2.34. The maximum absolute atomic E-state index is 11.6. The van der Waals surface area contributed by atoms with Crippen LogP contribution in [0.5, 0.6) is 0 Å². The predicted molar refractivity (Wildman–Crippen MR) is 102 cm³/mol. The first kappa shape index (κ1) is 17.7. The van der Waals surface area contributed by atoms with Crippen molar-refractivity contribution in [3.8, 4) is 11.4 Å². The van der Waals surface area contributed by atoms with Gasteiger partial charge in [0.2, 0.25) is 11.7 Å². The molecule has 0 spiro atoms. The van der Waals surface area contributed by atoms with E-state index in [0.717, 1.165) is 55.2 Å². The van der Waals surface area contributed by atoms with Gasteiger partial charge in [-0.3, -0.25) is 9.69 Å². The second-order valence-electron chi connectivity index (χ2n) is 7.28. The van der Waals surface area contributed by atoms with Gasteiger partial charge >= 0.3 is 0 Å². The first-order valence-corrected chi connectivity index (χ1v) is 9.37. The molecule has 0 aliphatic carbocycles. The van der Waals surface area contributed by atoms with E-state index in [-0.39, 0.29) is 11.7 Å². The number of benzene rings is 1. The normalized spacial score (nSPS) is 17.9. The lowest BCUT2D eigenvalue weighted by atomic mass is 9.98. The Labute approximate surface area is 158 Å². The zero-order valence-electron chi connectivity index (χ0n) is 15.8. The summed E-state index contributed by atoms with van der Waals surface area (Å²) in [6, 6.07) is 11.9. The number of aryl methyl sites for hydroxylation is 1. The van der Waals surface area contributed by atoms with E-state index >= 15 is 0 Å². The van der Waals surface area contributed by atoms with Gasteiger partial charge in [0.25, 0.3) is 0 Å². The summed E-state index contributed by atoms with van der Waals surface area (Å²) in [4.78, 5) is 18.6. The molecule has 1 unspecified atom stereocenters. The van der Waals surface area contributed by atoms with Gasteiger partial charge in [-0.2, -0.15) is 4.98 Å². The van der Waals surface area contributed by atoms with Gasteiger partial charge in [0, 0.05) is 43.2 Å². The number of piperidine rings is 1. The van der Waals surface area contributed by atoms with Gasteiger partial charge in [-0.25, -0.2) is 0 Å². The number of carbonyl (C=O) groups excluding carboxylic acids is 1. The molecule has 1 atom stereocenters. The molecule has 1 aliphatic rings. The highest BCUT2D eigenvalue weighted by atomic mass is 16.5. The van der Waals surface area contributed by atoms with Crippen LogP contribution in [0.2, 0.25) is 0 Å². The Morgan fingerprint density at radius 3 is 2.85 bits per heavy atom. The minimum Gasteiger partial charge on any atom is -0.353 e. The first-order chi connectivity index (χ1) is 13.1. The number of ketones is 1. The van der Waals surface area contributed by atoms with Gasteiger partial charge in [0.15, 0.2) is 5.78 Å². The summed E-state index contributed by atoms with van der Waals surface area (Å²) < 4.78 is 7.62. The number of Topliss-reactive ketones (excluding diaryl/α,β-unsaturated/α-hetero) is 1. The summed E-state index contributed by atoms with van der Waals surface area (Å²) in [7, 11) is 1.99. The van der Waals surface area contributed by atoms with Gasteiger partial charge in [-0.05, 0) is 32.4 Å². The van der Waals surface area contributed by atoms with E-state index in [9.17, 15) is 4.79 Å². The Morgan fingerprint density at radius 2 is 2.11 bits per heavy atom. The summed E-state index contributed by atoms with van der Waals surface area (Å²) in [5, 5.41) is 4.16. The van der Waals surface area contributed by atoms with Crippen LogP contribution in [0.25, 0.3) is 11.4 Å². The molecule has 27 heavy (non-hydrogen) atoms. The fraction of sp³-hybridized carbons (Fsp3) is 0.381. The first-order valence-electron chi connectivity index (χ1n) is 9.37. The van der Waals surface area contributed by atoms with Crippen LogP contribution in [0.4, 0.5) is 0 Å². The second-order valence-corrected chi connectivity index (χ2v) is 7.28. The van der Waals surface area contributed by atoms with Crippen molar-refractivity contribution in [2.45, 2.75) is 32.2 Å². The molecule has 0 amide bonds.